The summed E-state index contributed by atoms with van der Waals surface area (Å²) in [7, 11) is -4.70. The number of benzene rings is 1. The number of hydrogen-bond acceptors (Lipinski definition) is 6. The molecule has 1 saturated heterocycles. The second-order valence-electron chi connectivity index (χ2n) is 8.44. The maximum absolute atomic E-state index is 13.0. The first-order valence-corrected chi connectivity index (χ1v) is 13.5. The highest BCUT2D eigenvalue weighted by Gasteiger charge is 2.29. The summed E-state index contributed by atoms with van der Waals surface area (Å²) in [4.78, 5) is 38.0. The maximum atomic E-state index is 13.0. The number of anilines is 1. The van der Waals surface area contributed by atoms with E-state index in [4.69, 9.17) is 9.26 Å². The van der Waals surface area contributed by atoms with Crippen LogP contribution in [0.3, 0.4) is 0 Å². The van der Waals surface area contributed by atoms with Crippen molar-refractivity contribution in [3.05, 3.63) is 92.9 Å². The van der Waals surface area contributed by atoms with Crippen LogP contribution in [0.25, 0.3) is 11.0 Å². The number of pyridine rings is 2. The van der Waals surface area contributed by atoms with Crippen molar-refractivity contribution in [3.8, 4) is 0 Å². The molecule has 12 heteroatoms. The number of phosphoric ester groups is 1. The average Bonchev–Trinajstić information content (AvgIpc) is 3.22. The molecule has 1 aliphatic rings. The molecule has 0 bridgehead atoms. The first-order chi connectivity index (χ1) is 17.3. The van der Waals surface area contributed by atoms with Crippen molar-refractivity contribution in [2.24, 2.45) is 0 Å². The van der Waals surface area contributed by atoms with E-state index in [1.165, 1.54) is 0 Å². The largest absolute Gasteiger partial charge is 0.471 e. The van der Waals surface area contributed by atoms with Gasteiger partial charge in [-0.1, -0.05) is 28.1 Å². The zero-order valence-electron chi connectivity index (χ0n) is 19.1. The van der Waals surface area contributed by atoms with E-state index in [0.29, 0.717) is 37.8 Å². The van der Waals surface area contributed by atoms with Crippen LogP contribution >= 0.6 is 23.8 Å². The van der Waals surface area contributed by atoms with E-state index in [1.807, 2.05) is 42.5 Å². The van der Waals surface area contributed by atoms with Crippen molar-refractivity contribution in [1.29, 1.82) is 0 Å². The van der Waals surface area contributed by atoms with Crippen LogP contribution in [-0.2, 0) is 27.1 Å². The lowest BCUT2D eigenvalue weighted by Crippen LogP contribution is -2.41. The minimum Gasteiger partial charge on any atom is -0.377 e. The number of fused-ring (bicyclic) bond motifs is 1. The zero-order chi connectivity index (χ0) is 25.3. The number of rotatable bonds is 7. The summed E-state index contributed by atoms with van der Waals surface area (Å²) >= 11 is 3.46. The van der Waals surface area contributed by atoms with Crippen LogP contribution in [0, 0.1) is 0 Å². The Bertz CT molecular complexity index is 1500. The van der Waals surface area contributed by atoms with Gasteiger partial charge < -0.3 is 24.0 Å². The molecule has 0 radical (unpaired) electrons. The second kappa shape index (κ2) is 10.3. The SMILES string of the molecule is O=c1cc(C2COCCN2c2cc3cccnc3n2COP(=O)(O)O)ccn1Cc1cccc(Br)c1. The van der Waals surface area contributed by atoms with Gasteiger partial charge in [-0.05, 0) is 47.5 Å². The predicted molar refractivity (Wildman–Crippen MR) is 138 cm³/mol. The summed E-state index contributed by atoms with van der Waals surface area (Å²) in [6, 6.07) is 16.6. The molecule has 5 rings (SSSR count). The molecule has 188 valence electrons. The Morgan fingerprint density at radius 3 is 2.81 bits per heavy atom. The quantitative estimate of drug-likeness (QED) is 0.321. The van der Waals surface area contributed by atoms with Gasteiger partial charge in [-0.25, -0.2) is 9.55 Å². The van der Waals surface area contributed by atoms with Crippen LogP contribution in [0.1, 0.15) is 17.2 Å². The highest BCUT2D eigenvalue weighted by molar-refractivity contribution is 9.10. The lowest BCUT2D eigenvalue weighted by Gasteiger charge is -2.37. The van der Waals surface area contributed by atoms with Gasteiger partial charge in [0.25, 0.3) is 5.56 Å². The number of nitrogens with zero attached hydrogens (tertiary/aromatic N) is 4. The monoisotopic (exact) mass is 574 g/mol. The first-order valence-electron chi connectivity index (χ1n) is 11.2. The molecule has 0 aliphatic carbocycles. The summed E-state index contributed by atoms with van der Waals surface area (Å²) in [5.74, 6) is 0.670. The van der Waals surface area contributed by atoms with Gasteiger partial charge in [-0.3, -0.25) is 13.9 Å². The molecule has 0 saturated carbocycles. The predicted octanol–water partition coefficient (Wildman–Crippen LogP) is 3.65. The lowest BCUT2D eigenvalue weighted by atomic mass is 10.1. The van der Waals surface area contributed by atoms with Gasteiger partial charge in [0.15, 0.2) is 0 Å². The summed E-state index contributed by atoms with van der Waals surface area (Å²) in [5, 5.41) is 0.802. The average molecular weight is 575 g/mol. The lowest BCUT2D eigenvalue weighted by molar-refractivity contribution is 0.0921. The molecule has 1 aliphatic heterocycles. The third-order valence-corrected chi connectivity index (χ3v) is 7.00. The van der Waals surface area contributed by atoms with Crippen LogP contribution in [-0.4, -0.2) is 43.7 Å². The van der Waals surface area contributed by atoms with E-state index >= 15 is 0 Å². The van der Waals surface area contributed by atoms with Crippen molar-refractivity contribution in [2.75, 3.05) is 24.7 Å². The van der Waals surface area contributed by atoms with Gasteiger partial charge in [0.1, 0.15) is 18.2 Å². The Kier molecular flexibility index (Phi) is 7.11. The molecular formula is C24H24BrN4O6P. The normalized spacial score (nSPS) is 16.5. The number of phosphoric acid groups is 1. The van der Waals surface area contributed by atoms with Crippen LogP contribution in [0.2, 0.25) is 0 Å². The molecule has 1 atom stereocenters. The fraction of sp³-hybridized carbons (Fsp3) is 0.250. The van der Waals surface area contributed by atoms with E-state index < -0.39 is 7.82 Å². The summed E-state index contributed by atoms with van der Waals surface area (Å²) in [6.45, 7) is 1.40. The maximum Gasteiger partial charge on any atom is 0.471 e. The van der Waals surface area contributed by atoms with Crippen molar-refractivity contribution in [1.82, 2.24) is 14.1 Å². The number of ether oxygens (including phenoxy) is 1. The summed E-state index contributed by atoms with van der Waals surface area (Å²) in [6.07, 6.45) is 3.39. The smallest absolute Gasteiger partial charge is 0.377 e. The zero-order valence-corrected chi connectivity index (χ0v) is 21.6. The van der Waals surface area contributed by atoms with Crippen LogP contribution in [0.15, 0.2) is 76.3 Å². The van der Waals surface area contributed by atoms with Gasteiger partial charge in [-0.2, -0.15) is 0 Å². The van der Waals surface area contributed by atoms with Gasteiger partial charge >= 0.3 is 7.82 Å². The Labute approximate surface area is 215 Å². The molecular weight excluding hydrogens is 551 g/mol. The molecule has 0 amide bonds. The number of halogens is 1. The van der Waals surface area contributed by atoms with Crippen molar-refractivity contribution in [3.63, 3.8) is 0 Å². The number of hydrogen-bond donors (Lipinski definition) is 2. The van der Waals surface area contributed by atoms with Crippen molar-refractivity contribution in [2.45, 2.75) is 19.3 Å². The molecule has 0 spiro atoms. The standard InChI is InChI=1S/C24H24BrN4O6P/c25-20-5-1-3-17(11-20)14-27-8-6-18(13-23(27)30)21-15-34-10-9-28(21)22-12-19-4-2-7-26-24(19)29(22)16-35-36(31,32)33/h1-8,11-13,21H,9-10,14-16H2,(H2,31,32,33). The van der Waals surface area contributed by atoms with Gasteiger partial charge in [0.05, 0.1) is 25.8 Å². The third kappa shape index (κ3) is 5.46. The van der Waals surface area contributed by atoms with Crippen molar-refractivity contribution < 1.29 is 23.6 Å². The van der Waals surface area contributed by atoms with Crippen LogP contribution < -0.4 is 10.5 Å². The van der Waals surface area contributed by atoms with Gasteiger partial charge in [0, 0.05) is 34.9 Å². The molecule has 4 aromatic rings. The van der Waals surface area contributed by atoms with Gasteiger partial charge in [0.2, 0.25) is 0 Å². The minimum atomic E-state index is -4.70. The number of aromatic nitrogens is 3. The van der Waals surface area contributed by atoms with E-state index in [-0.39, 0.29) is 18.3 Å². The molecule has 1 unspecified atom stereocenters. The van der Waals surface area contributed by atoms with E-state index in [1.54, 1.807) is 33.7 Å². The van der Waals surface area contributed by atoms with E-state index in [0.717, 1.165) is 21.0 Å². The van der Waals surface area contributed by atoms with Gasteiger partial charge in [-0.15, -0.1) is 0 Å². The summed E-state index contributed by atoms with van der Waals surface area (Å²) in [5.41, 5.74) is 2.19. The topological polar surface area (TPSA) is 119 Å². The molecule has 10 nitrogen and oxygen atoms in total. The Balaban J connectivity index is 1.48. The summed E-state index contributed by atoms with van der Waals surface area (Å²) < 4.78 is 26.2. The number of morpholine rings is 1. The second-order valence-corrected chi connectivity index (χ2v) is 10.6. The molecule has 3 aromatic heterocycles. The Morgan fingerprint density at radius 2 is 2.03 bits per heavy atom. The van der Waals surface area contributed by atoms with Crippen molar-refractivity contribution >= 4 is 40.6 Å². The highest BCUT2D eigenvalue weighted by Crippen LogP contribution is 2.39. The molecule has 4 heterocycles. The first kappa shape index (κ1) is 24.9. The highest BCUT2D eigenvalue weighted by atomic mass is 79.9. The molecule has 36 heavy (non-hydrogen) atoms. The van der Waals surface area contributed by atoms with Crippen LogP contribution in [0.5, 0.6) is 0 Å². The Hall–Kier alpha value is -2.79. The fourth-order valence-electron chi connectivity index (χ4n) is 4.42. The minimum absolute atomic E-state index is 0.134. The molecule has 1 aromatic carbocycles. The van der Waals surface area contributed by atoms with E-state index in [9.17, 15) is 19.1 Å². The van der Waals surface area contributed by atoms with E-state index in [2.05, 4.69) is 25.8 Å². The fourth-order valence-corrected chi connectivity index (χ4v) is 5.13. The third-order valence-electron chi connectivity index (χ3n) is 6.06. The molecule has 1 fully saturated rings. The molecule has 2 N–H and O–H groups in total. The Morgan fingerprint density at radius 1 is 1.17 bits per heavy atom. The van der Waals surface area contributed by atoms with Crippen LogP contribution in [0.4, 0.5) is 5.82 Å².